The molecule has 0 aromatic rings. The molecule has 0 amide bonds. The summed E-state index contributed by atoms with van der Waals surface area (Å²) < 4.78 is 9.68. The minimum atomic E-state index is -0.0787. The summed E-state index contributed by atoms with van der Waals surface area (Å²) in [7, 11) is 0. The van der Waals surface area contributed by atoms with Crippen LogP contribution in [0.3, 0.4) is 0 Å². The summed E-state index contributed by atoms with van der Waals surface area (Å²) in [5, 5.41) is 0. The summed E-state index contributed by atoms with van der Waals surface area (Å²) in [6.45, 7) is 6.14. The molecule has 1 unspecified atom stereocenters. The molecule has 0 radical (unpaired) electrons. The molecule has 0 saturated carbocycles. The molecule has 2 heteroatoms. The smallest absolute Gasteiger partial charge is 0.258 e. The van der Waals surface area contributed by atoms with Crippen molar-refractivity contribution in [2.75, 3.05) is 6.61 Å². The molecule has 1 atom stereocenters. The normalized spacial score (nSPS) is 27.0. The van der Waals surface area contributed by atoms with Crippen LogP contribution >= 0.6 is 0 Å². The van der Waals surface area contributed by atoms with Crippen molar-refractivity contribution in [3.05, 3.63) is 12.3 Å². The number of rotatable bonds is 2. The lowest BCUT2D eigenvalue weighted by Gasteiger charge is -1.85. The molecule has 0 aromatic carbocycles. The molecular weight excluding hydrogens is 92.1 g/mol. The molecule has 1 fully saturated rings. The lowest BCUT2D eigenvalue weighted by molar-refractivity contribution is 0.0593. The Balaban J connectivity index is 2.09. The Hall–Kier alpha value is -0.500. The second-order valence-corrected chi connectivity index (χ2v) is 1.37. The zero-order valence-electron chi connectivity index (χ0n) is 4.31. The van der Waals surface area contributed by atoms with Crippen molar-refractivity contribution < 1.29 is 9.47 Å². The van der Waals surface area contributed by atoms with Gasteiger partial charge in [-0.2, -0.15) is 0 Å². The van der Waals surface area contributed by atoms with Gasteiger partial charge in [-0.05, 0) is 6.92 Å². The van der Waals surface area contributed by atoms with Crippen molar-refractivity contribution in [1.82, 2.24) is 0 Å². The zero-order valence-corrected chi connectivity index (χ0v) is 4.31. The van der Waals surface area contributed by atoms with Gasteiger partial charge in [0, 0.05) is 6.61 Å². The maximum Gasteiger partial charge on any atom is 0.258 e. The largest absolute Gasteiger partial charge is 0.456 e. The van der Waals surface area contributed by atoms with Gasteiger partial charge >= 0.3 is 0 Å². The third-order valence-electron chi connectivity index (χ3n) is 0.782. The van der Waals surface area contributed by atoms with Gasteiger partial charge in [0.1, 0.15) is 0 Å². The highest BCUT2D eigenvalue weighted by atomic mass is 16.8. The van der Waals surface area contributed by atoms with Gasteiger partial charge in [0.2, 0.25) is 0 Å². The predicted octanol–water partition coefficient (Wildman–Crippen LogP) is 0.893. The molecule has 1 aliphatic rings. The van der Waals surface area contributed by atoms with Crippen LogP contribution in [0.5, 0.6) is 0 Å². The van der Waals surface area contributed by atoms with Crippen LogP contribution in [0, 0.1) is 0 Å². The quantitative estimate of drug-likeness (QED) is 0.481. The van der Waals surface area contributed by atoms with Crippen molar-refractivity contribution in [3.63, 3.8) is 0 Å². The topological polar surface area (TPSA) is 21.8 Å². The van der Waals surface area contributed by atoms with Crippen LogP contribution in [0.1, 0.15) is 6.92 Å². The van der Waals surface area contributed by atoms with Crippen LogP contribution in [0.25, 0.3) is 0 Å². The van der Waals surface area contributed by atoms with Crippen LogP contribution in [0.2, 0.25) is 0 Å². The average molecular weight is 100 g/mol. The van der Waals surface area contributed by atoms with E-state index in [0.717, 1.165) is 5.76 Å². The number of epoxide rings is 1. The maximum atomic E-state index is 4.94. The van der Waals surface area contributed by atoms with E-state index in [9.17, 15) is 0 Å². The van der Waals surface area contributed by atoms with E-state index in [-0.39, 0.29) is 6.29 Å². The van der Waals surface area contributed by atoms with Crippen LogP contribution < -0.4 is 0 Å². The van der Waals surface area contributed by atoms with Crippen molar-refractivity contribution in [1.29, 1.82) is 0 Å². The summed E-state index contributed by atoms with van der Waals surface area (Å²) in [4.78, 5) is 0. The second kappa shape index (κ2) is 1.54. The van der Waals surface area contributed by atoms with E-state index < -0.39 is 0 Å². The first-order valence-electron chi connectivity index (χ1n) is 2.31. The first-order chi connectivity index (χ1) is 3.34. The standard InChI is InChI=1S/C5H8O2/c1-3-6-5-4(2)7-5/h5H,2-3H2,1H3. The van der Waals surface area contributed by atoms with Crippen molar-refractivity contribution in [2.24, 2.45) is 0 Å². The summed E-state index contributed by atoms with van der Waals surface area (Å²) in [6.07, 6.45) is -0.0787. The number of hydrogen-bond donors (Lipinski definition) is 0. The molecule has 0 N–H and O–H groups in total. The Kier molecular flexibility index (Phi) is 1.02. The first-order valence-corrected chi connectivity index (χ1v) is 2.31. The minimum absolute atomic E-state index is 0.0787. The van der Waals surface area contributed by atoms with Crippen molar-refractivity contribution in [3.8, 4) is 0 Å². The van der Waals surface area contributed by atoms with Crippen LogP contribution in [0.4, 0.5) is 0 Å². The summed E-state index contributed by atoms with van der Waals surface area (Å²) in [6, 6.07) is 0. The van der Waals surface area contributed by atoms with E-state index in [4.69, 9.17) is 9.47 Å². The van der Waals surface area contributed by atoms with Crippen LogP contribution in [-0.4, -0.2) is 12.9 Å². The minimum Gasteiger partial charge on any atom is -0.456 e. The van der Waals surface area contributed by atoms with Gasteiger partial charge in [0.05, 0.1) is 0 Å². The van der Waals surface area contributed by atoms with Gasteiger partial charge in [-0.3, -0.25) is 0 Å². The highest BCUT2D eigenvalue weighted by molar-refractivity contribution is 5.01. The van der Waals surface area contributed by atoms with E-state index >= 15 is 0 Å². The van der Waals surface area contributed by atoms with E-state index in [0.29, 0.717) is 6.61 Å². The number of ether oxygens (including phenoxy) is 2. The molecule has 0 aromatic heterocycles. The van der Waals surface area contributed by atoms with E-state index in [1.54, 1.807) is 0 Å². The lowest BCUT2D eigenvalue weighted by atomic mass is 10.7. The highest BCUT2D eigenvalue weighted by Gasteiger charge is 2.30. The molecule has 7 heavy (non-hydrogen) atoms. The van der Waals surface area contributed by atoms with Crippen LogP contribution in [0.15, 0.2) is 12.3 Å². The Morgan fingerprint density at radius 3 is 2.71 bits per heavy atom. The molecular formula is C5H8O2. The van der Waals surface area contributed by atoms with E-state index in [1.165, 1.54) is 0 Å². The molecule has 2 nitrogen and oxygen atoms in total. The van der Waals surface area contributed by atoms with E-state index in [2.05, 4.69) is 6.58 Å². The lowest BCUT2D eigenvalue weighted by Crippen LogP contribution is -1.90. The fourth-order valence-corrected chi connectivity index (χ4v) is 0.382. The molecule has 0 spiro atoms. The monoisotopic (exact) mass is 100 g/mol. The molecule has 0 aliphatic carbocycles. The Morgan fingerprint density at radius 2 is 2.57 bits per heavy atom. The van der Waals surface area contributed by atoms with Crippen molar-refractivity contribution >= 4 is 0 Å². The molecule has 1 heterocycles. The molecule has 1 saturated heterocycles. The Morgan fingerprint density at radius 1 is 2.00 bits per heavy atom. The van der Waals surface area contributed by atoms with Gasteiger partial charge in [-0.25, -0.2) is 0 Å². The average Bonchev–Trinajstić information content (AvgIpc) is 2.22. The van der Waals surface area contributed by atoms with Crippen molar-refractivity contribution in [2.45, 2.75) is 13.2 Å². The highest BCUT2D eigenvalue weighted by Crippen LogP contribution is 2.24. The van der Waals surface area contributed by atoms with Gasteiger partial charge in [0.15, 0.2) is 5.76 Å². The van der Waals surface area contributed by atoms with Crippen LogP contribution in [-0.2, 0) is 9.47 Å². The second-order valence-electron chi connectivity index (χ2n) is 1.37. The molecule has 0 bridgehead atoms. The molecule has 40 valence electrons. The Bertz CT molecular complexity index is 88.1. The third kappa shape index (κ3) is 0.933. The van der Waals surface area contributed by atoms with Gasteiger partial charge < -0.3 is 9.47 Å². The number of hydrogen-bond acceptors (Lipinski definition) is 2. The zero-order chi connectivity index (χ0) is 5.28. The summed E-state index contributed by atoms with van der Waals surface area (Å²) in [5.74, 6) is 0.752. The Labute approximate surface area is 42.7 Å². The molecule has 1 rings (SSSR count). The van der Waals surface area contributed by atoms with Gasteiger partial charge in [-0.15, -0.1) is 0 Å². The predicted molar refractivity (Wildman–Crippen MR) is 25.6 cm³/mol. The van der Waals surface area contributed by atoms with Gasteiger partial charge in [0.25, 0.3) is 6.29 Å². The third-order valence-corrected chi connectivity index (χ3v) is 0.782. The molecule has 1 aliphatic heterocycles. The first kappa shape index (κ1) is 4.65. The summed E-state index contributed by atoms with van der Waals surface area (Å²) in [5.41, 5.74) is 0. The SMILES string of the molecule is C=C1OC1OCC. The van der Waals surface area contributed by atoms with Gasteiger partial charge in [-0.1, -0.05) is 6.58 Å². The fraction of sp³-hybridized carbons (Fsp3) is 0.600. The maximum absolute atomic E-state index is 4.94. The fourth-order valence-electron chi connectivity index (χ4n) is 0.382. The summed E-state index contributed by atoms with van der Waals surface area (Å²) >= 11 is 0. The van der Waals surface area contributed by atoms with E-state index in [1.807, 2.05) is 6.92 Å².